The first-order chi connectivity index (χ1) is 14.4. The molecule has 2 heterocycles. The van der Waals surface area contributed by atoms with Crippen LogP contribution >= 0.6 is 7.82 Å². The number of ether oxygens (including phenoxy) is 2. The summed E-state index contributed by atoms with van der Waals surface area (Å²) in [4.78, 5) is 25.5. The highest BCUT2D eigenvalue weighted by molar-refractivity contribution is 7.47. The Labute approximate surface area is 172 Å². The SMILES string of the molecule is NCCOP(=O)(O)OC[C@H]1OC(n2cccnc2=O)C(OCc2ccccc2)[C@@H]1O. The average Bonchev–Trinajstić information content (AvgIpc) is 3.06. The lowest BCUT2D eigenvalue weighted by molar-refractivity contribution is -0.0796. The van der Waals surface area contributed by atoms with Crippen molar-refractivity contribution >= 4 is 7.82 Å². The van der Waals surface area contributed by atoms with E-state index < -0.39 is 44.7 Å². The van der Waals surface area contributed by atoms with Crippen LogP contribution in [0.5, 0.6) is 0 Å². The van der Waals surface area contributed by atoms with Gasteiger partial charge in [0.2, 0.25) is 0 Å². The second-order valence-electron chi connectivity index (χ2n) is 6.51. The predicted molar refractivity (Wildman–Crippen MR) is 104 cm³/mol. The second kappa shape index (κ2) is 10.4. The quantitative estimate of drug-likeness (QED) is 0.435. The number of aromatic nitrogens is 2. The zero-order valence-electron chi connectivity index (χ0n) is 16.0. The van der Waals surface area contributed by atoms with Gasteiger partial charge in [-0.2, -0.15) is 0 Å². The molecule has 0 radical (unpaired) electrons. The minimum atomic E-state index is -4.37. The van der Waals surface area contributed by atoms with Gasteiger partial charge >= 0.3 is 13.5 Å². The van der Waals surface area contributed by atoms with Crippen molar-refractivity contribution in [2.24, 2.45) is 5.73 Å². The third-order valence-electron chi connectivity index (χ3n) is 4.39. The number of nitrogens with zero attached hydrogens (tertiary/aromatic N) is 2. The zero-order valence-corrected chi connectivity index (χ0v) is 16.9. The van der Waals surface area contributed by atoms with Gasteiger partial charge in [-0.15, -0.1) is 0 Å². The molecule has 1 aliphatic heterocycles. The van der Waals surface area contributed by atoms with E-state index in [9.17, 15) is 19.4 Å². The van der Waals surface area contributed by atoms with E-state index in [4.69, 9.17) is 19.7 Å². The van der Waals surface area contributed by atoms with Crippen molar-refractivity contribution in [3.8, 4) is 0 Å². The Morgan fingerprint density at radius 2 is 2.00 bits per heavy atom. The first kappa shape index (κ1) is 22.7. The standard InChI is InChI=1S/C18H24N3O8P/c19-7-10-27-30(24,25)28-12-14-15(22)16(26-11-13-5-2-1-3-6-13)17(29-14)21-9-4-8-20-18(21)23/h1-6,8-9,14-17,22H,7,10-12,19H2,(H,24,25)/t14-,15-,16?,17?/m1/s1. The first-order valence-corrected chi connectivity index (χ1v) is 10.7. The highest BCUT2D eigenvalue weighted by Gasteiger charge is 2.46. The smallest absolute Gasteiger partial charge is 0.387 e. The van der Waals surface area contributed by atoms with Gasteiger partial charge in [0, 0.05) is 18.9 Å². The highest BCUT2D eigenvalue weighted by atomic mass is 31.2. The molecule has 164 valence electrons. The minimum Gasteiger partial charge on any atom is -0.387 e. The fraction of sp³-hybridized carbons (Fsp3) is 0.444. The lowest BCUT2D eigenvalue weighted by Gasteiger charge is -2.22. The summed E-state index contributed by atoms with van der Waals surface area (Å²) in [6, 6.07) is 10.8. The van der Waals surface area contributed by atoms with E-state index in [1.807, 2.05) is 30.3 Å². The van der Waals surface area contributed by atoms with Gasteiger partial charge in [-0.25, -0.2) is 14.3 Å². The maximum absolute atomic E-state index is 12.2. The predicted octanol–water partition coefficient (Wildman–Crippen LogP) is 0.179. The van der Waals surface area contributed by atoms with Gasteiger partial charge in [0.05, 0.1) is 19.8 Å². The van der Waals surface area contributed by atoms with Crippen LogP contribution in [0.2, 0.25) is 0 Å². The van der Waals surface area contributed by atoms with Gasteiger partial charge in [0.1, 0.15) is 18.3 Å². The minimum absolute atomic E-state index is 0.0395. The molecule has 3 rings (SSSR count). The van der Waals surface area contributed by atoms with Crippen LogP contribution in [0, 0.1) is 0 Å². The first-order valence-electron chi connectivity index (χ1n) is 9.25. The maximum atomic E-state index is 12.2. The van der Waals surface area contributed by atoms with Gasteiger partial charge in [0.25, 0.3) is 0 Å². The molecule has 0 bridgehead atoms. The number of nitrogens with two attached hydrogens (primary N) is 1. The largest absolute Gasteiger partial charge is 0.472 e. The van der Waals surface area contributed by atoms with Gasteiger partial charge < -0.3 is 25.2 Å². The van der Waals surface area contributed by atoms with E-state index in [2.05, 4.69) is 9.51 Å². The van der Waals surface area contributed by atoms with Gasteiger partial charge in [-0.1, -0.05) is 30.3 Å². The number of phosphoric ester groups is 1. The fourth-order valence-electron chi connectivity index (χ4n) is 2.96. The molecule has 5 atom stereocenters. The monoisotopic (exact) mass is 441 g/mol. The lowest BCUT2D eigenvalue weighted by Crippen LogP contribution is -2.38. The van der Waals surface area contributed by atoms with Crippen molar-refractivity contribution in [2.45, 2.75) is 31.1 Å². The van der Waals surface area contributed by atoms with Crippen LogP contribution in [-0.2, 0) is 29.7 Å². The average molecular weight is 441 g/mol. The summed E-state index contributed by atoms with van der Waals surface area (Å²) < 4.78 is 34.2. The molecule has 3 unspecified atom stereocenters. The normalized spacial score (nSPS) is 25.8. The lowest BCUT2D eigenvalue weighted by atomic mass is 10.1. The van der Waals surface area contributed by atoms with Crippen molar-refractivity contribution in [2.75, 3.05) is 19.8 Å². The van der Waals surface area contributed by atoms with E-state index in [1.165, 1.54) is 23.0 Å². The molecule has 4 N–H and O–H groups in total. The molecule has 0 amide bonds. The van der Waals surface area contributed by atoms with Crippen molar-refractivity contribution in [1.29, 1.82) is 0 Å². The molecule has 1 aliphatic rings. The van der Waals surface area contributed by atoms with Crippen molar-refractivity contribution in [1.82, 2.24) is 9.55 Å². The van der Waals surface area contributed by atoms with Crippen LogP contribution in [0.25, 0.3) is 0 Å². The molecule has 1 aromatic carbocycles. The number of aliphatic hydroxyl groups is 1. The van der Waals surface area contributed by atoms with Gasteiger partial charge in [-0.05, 0) is 11.6 Å². The molecular weight excluding hydrogens is 417 g/mol. The van der Waals surface area contributed by atoms with E-state index in [0.717, 1.165) is 5.56 Å². The van der Waals surface area contributed by atoms with Gasteiger partial charge in [-0.3, -0.25) is 13.6 Å². The Hall–Kier alpha value is -1.95. The number of aliphatic hydroxyl groups excluding tert-OH is 1. The van der Waals surface area contributed by atoms with Crippen LogP contribution in [-0.4, -0.2) is 57.6 Å². The molecule has 30 heavy (non-hydrogen) atoms. The molecule has 1 aromatic heterocycles. The molecule has 11 nitrogen and oxygen atoms in total. The van der Waals surface area contributed by atoms with Crippen LogP contribution in [0.4, 0.5) is 0 Å². The number of hydrogen-bond donors (Lipinski definition) is 3. The Morgan fingerprint density at radius 1 is 1.23 bits per heavy atom. The Morgan fingerprint density at radius 3 is 2.70 bits per heavy atom. The Balaban J connectivity index is 1.74. The summed E-state index contributed by atoms with van der Waals surface area (Å²) in [5.74, 6) is 0. The van der Waals surface area contributed by atoms with Crippen LogP contribution < -0.4 is 11.4 Å². The van der Waals surface area contributed by atoms with Crippen LogP contribution in [0.3, 0.4) is 0 Å². The maximum Gasteiger partial charge on any atom is 0.472 e. The second-order valence-corrected chi connectivity index (χ2v) is 7.97. The Kier molecular flexibility index (Phi) is 7.87. The fourth-order valence-corrected chi connectivity index (χ4v) is 3.71. The number of hydrogen-bond acceptors (Lipinski definition) is 9. The molecule has 1 fully saturated rings. The van der Waals surface area contributed by atoms with E-state index in [-0.39, 0.29) is 19.8 Å². The third kappa shape index (κ3) is 5.81. The molecular formula is C18H24N3O8P. The number of benzene rings is 1. The molecule has 2 aromatic rings. The van der Waals surface area contributed by atoms with Crippen LogP contribution in [0.15, 0.2) is 53.6 Å². The summed E-state index contributed by atoms with van der Waals surface area (Å²) in [5, 5.41) is 10.7. The number of rotatable bonds is 10. The molecule has 0 aliphatic carbocycles. The molecule has 1 saturated heterocycles. The van der Waals surface area contributed by atoms with E-state index in [1.54, 1.807) is 0 Å². The summed E-state index contributed by atoms with van der Waals surface area (Å²) >= 11 is 0. The summed E-state index contributed by atoms with van der Waals surface area (Å²) in [6.07, 6.45) is -1.48. The van der Waals surface area contributed by atoms with Gasteiger partial charge in [0.15, 0.2) is 6.23 Å². The molecule has 0 saturated carbocycles. The van der Waals surface area contributed by atoms with E-state index in [0.29, 0.717) is 0 Å². The van der Waals surface area contributed by atoms with E-state index >= 15 is 0 Å². The van der Waals surface area contributed by atoms with Crippen LogP contribution in [0.1, 0.15) is 11.8 Å². The molecule has 12 heteroatoms. The summed E-state index contributed by atoms with van der Waals surface area (Å²) in [6.45, 7) is -0.435. The Bertz CT molecular complexity index is 912. The summed E-state index contributed by atoms with van der Waals surface area (Å²) in [5.41, 5.74) is 5.50. The van der Waals surface area contributed by atoms with Crippen molar-refractivity contribution in [3.05, 3.63) is 64.8 Å². The van der Waals surface area contributed by atoms with Crippen molar-refractivity contribution in [3.63, 3.8) is 0 Å². The van der Waals surface area contributed by atoms with Crippen molar-refractivity contribution < 1.29 is 33.1 Å². The highest BCUT2D eigenvalue weighted by Crippen LogP contribution is 2.44. The number of phosphoric acid groups is 1. The zero-order chi connectivity index (χ0) is 21.6. The molecule has 0 spiro atoms. The topological polar surface area (TPSA) is 155 Å². The summed E-state index contributed by atoms with van der Waals surface area (Å²) in [7, 11) is -4.37. The third-order valence-corrected chi connectivity index (χ3v) is 5.37.